The SMILES string of the molecule is C[C@@H](NC(=O)c1cc(-c2ccc(F)cn2)cc(C(NC(=O)C(F)(F)F)C(F)(F)F)c1)c1ccc(C(F)(F)F)[n+]([O-])c1. The smallest absolute Gasteiger partial charge is 0.478 e. The van der Waals surface area contributed by atoms with Gasteiger partial charge in [0, 0.05) is 22.8 Å². The van der Waals surface area contributed by atoms with Crippen LogP contribution < -0.4 is 15.4 Å². The van der Waals surface area contributed by atoms with Crippen molar-refractivity contribution >= 4 is 11.8 Å². The summed E-state index contributed by atoms with van der Waals surface area (Å²) in [4.78, 5) is 28.0. The van der Waals surface area contributed by atoms with Crippen molar-refractivity contribution in [2.75, 3.05) is 0 Å². The highest BCUT2D eigenvalue weighted by Crippen LogP contribution is 2.36. The third kappa shape index (κ3) is 7.61. The van der Waals surface area contributed by atoms with Gasteiger partial charge in [-0.1, -0.05) is 0 Å². The van der Waals surface area contributed by atoms with E-state index in [2.05, 4.69) is 10.3 Å². The van der Waals surface area contributed by atoms with E-state index in [1.807, 2.05) is 0 Å². The van der Waals surface area contributed by atoms with Crippen LogP contribution in [0.2, 0.25) is 0 Å². The maximum atomic E-state index is 13.8. The van der Waals surface area contributed by atoms with E-state index in [1.165, 1.54) is 6.92 Å². The van der Waals surface area contributed by atoms with Gasteiger partial charge >= 0.3 is 24.4 Å². The van der Waals surface area contributed by atoms with E-state index >= 15 is 0 Å². The van der Waals surface area contributed by atoms with Crippen molar-refractivity contribution in [1.82, 2.24) is 15.6 Å². The largest absolute Gasteiger partial charge is 0.618 e. The van der Waals surface area contributed by atoms with E-state index in [0.717, 1.165) is 29.6 Å². The predicted molar refractivity (Wildman–Crippen MR) is 119 cm³/mol. The summed E-state index contributed by atoms with van der Waals surface area (Å²) in [5.41, 5.74) is -3.81. The van der Waals surface area contributed by atoms with Crippen LogP contribution in [0.5, 0.6) is 0 Å². The summed E-state index contributed by atoms with van der Waals surface area (Å²) in [5, 5.41) is 14.9. The zero-order valence-electron chi connectivity index (χ0n) is 20.2. The minimum Gasteiger partial charge on any atom is -0.618 e. The van der Waals surface area contributed by atoms with Gasteiger partial charge < -0.3 is 15.8 Å². The molecule has 1 aromatic carbocycles. The molecule has 0 fully saturated rings. The molecule has 0 saturated heterocycles. The van der Waals surface area contributed by atoms with E-state index in [0.29, 0.717) is 30.6 Å². The number of nitrogens with zero attached hydrogens (tertiary/aromatic N) is 2. The molecule has 2 heterocycles. The molecule has 2 aromatic heterocycles. The summed E-state index contributed by atoms with van der Waals surface area (Å²) < 4.78 is 131. The van der Waals surface area contributed by atoms with Crippen molar-refractivity contribution in [2.24, 2.45) is 0 Å². The number of hydrogen-bond donors (Lipinski definition) is 2. The molecule has 3 rings (SSSR count). The van der Waals surface area contributed by atoms with Crippen LogP contribution in [-0.2, 0) is 11.0 Å². The molecule has 0 aliphatic rings. The Labute approximate surface area is 223 Å². The number of carbonyl (C=O) groups is 2. The van der Waals surface area contributed by atoms with Gasteiger partial charge in [0.25, 0.3) is 11.6 Å². The number of nitrogens with one attached hydrogen (secondary N) is 2. The number of benzene rings is 1. The highest BCUT2D eigenvalue weighted by atomic mass is 19.4. The Morgan fingerprint density at radius 3 is 2.07 bits per heavy atom. The first kappa shape index (κ1) is 31.1. The average molecular weight is 598 g/mol. The number of pyridine rings is 2. The standard InChI is InChI=1S/C24H16F10N4O3/c1-11(12-2-5-18(22(26,27)28)38(41)10-12)36-20(39)15-7-13(17-4-3-16(25)9-35-17)6-14(8-15)19(23(29,30)31)37-21(40)24(32,33)34/h2-11,19H,1H3,(H,36,39)(H,37,40)/t11-,19?/m1/s1. The summed E-state index contributed by atoms with van der Waals surface area (Å²) in [5.74, 6) is -4.92. The molecule has 0 radical (unpaired) electrons. The quantitative estimate of drug-likeness (QED) is 0.228. The first-order valence-corrected chi connectivity index (χ1v) is 11.1. The molecule has 1 unspecified atom stereocenters. The van der Waals surface area contributed by atoms with E-state index in [-0.39, 0.29) is 16.8 Å². The number of aromatic nitrogens is 2. The predicted octanol–water partition coefficient (Wildman–Crippen LogP) is 5.31. The summed E-state index contributed by atoms with van der Waals surface area (Å²) in [6, 6.07) is 0.929. The number of carbonyl (C=O) groups excluding carboxylic acids is 2. The Kier molecular flexibility index (Phi) is 8.50. The van der Waals surface area contributed by atoms with Gasteiger partial charge in [-0.2, -0.15) is 44.2 Å². The molecule has 220 valence electrons. The molecule has 2 N–H and O–H groups in total. The Morgan fingerprint density at radius 2 is 1.56 bits per heavy atom. The maximum Gasteiger partial charge on any atom is 0.478 e. The fourth-order valence-electron chi connectivity index (χ4n) is 3.55. The normalized spacial score (nSPS) is 13.8. The summed E-state index contributed by atoms with van der Waals surface area (Å²) in [7, 11) is 0. The van der Waals surface area contributed by atoms with Crippen LogP contribution in [0, 0.1) is 11.0 Å². The number of hydrogen-bond acceptors (Lipinski definition) is 4. The number of alkyl halides is 9. The molecule has 2 amide bonds. The van der Waals surface area contributed by atoms with Crippen LogP contribution in [-0.4, -0.2) is 29.2 Å². The van der Waals surface area contributed by atoms with Crippen molar-refractivity contribution in [3.63, 3.8) is 0 Å². The first-order valence-electron chi connectivity index (χ1n) is 11.1. The van der Waals surface area contributed by atoms with Gasteiger partial charge in [-0.05, 0) is 48.9 Å². The van der Waals surface area contributed by atoms with Crippen LogP contribution in [0.3, 0.4) is 0 Å². The second-order valence-electron chi connectivity index (χ2n) is 8.52. The number of halogens is 10. The minimum atomic E-state index is -5.69. The van der Waals surface area contributed by atoms with Crippen LogP contribution in [0.4, 0.5) is 43.9 Å². The van der Waals surface area contributed by atoms with Gasteiger partial charge in [-0.3, -0.25) is 14.6 Å². The third-order valence-electron chi connectivity index (χ3n) is 5.51. The van der Waals surface area contributed by atoms with Gasteiger partial charge in [0.15, 0.2) is 12.2 Å². The zero-order valence-corrected chi connectivity index (χ0v) is 20.2. The lowest BCUT2D eigenvalue weighted by atomic mass is 9.97. The van der Waals surface area contributed by atoms with Gasteiger partial charge in [0.1, 0.15) is 5.82 Å². The topological polar surface area (TPSA) is 98.0 Å². The van der Waals surface area contributed by atoms with Gasteiger partial charge in [0.2, 0.25) is 0 Å². The Morgan fingerprint density at radius 1 is 0.902 bits per heavy atom. The molecule has 3 aromatic rings. The van der Waals surface area contributed by atoms with Crippen LogP contribution in [0.1, 0.15) is 46.2 Å². The third-order valence-corrected chi connectivity index (χ3v) is 5.51. The molecule has 41 heavy (non-hydrogen) atoms. The van der Waals surface area contributed by atoms with Crippen molar-refractivity contribution in [3.05, 3.63) is 88.3 Å². The average Bonchev–Trinajstić information content (AvgIpc) is 2.85. The Balaban J connectivity index is 2.05. The van der Waals surface area contributed by atoms with Crippen LogP contribution in [0.25, 0.3) is 11.3 Å². The summed E-state index contributed by atoms with van der Waals surface area (Å²) >= 11 is 0. The lowest BCUT2D eigenvalue weighted by Crippen LogP contribution is -2.44. The van der Waals surface area contributed by atoms with Crippen LogP contribution >= 0.6 is 0 Å². The maximum absolute atomic E-state index is 13.8. The second kappa shape index (κ2) is 11.2. The Hall–Kier alpha value is -4.44. The van der Waals surface area contributed by atoms with E-state index < -0.39 is 69.8 Å². The van der Waals surface area contributed by atoms with Crippen molar-refractivity contribution in [1.29, 1.82) is 0 Å². The van der Waals surface area contributed by atoms with Crippen LogP contribution in [0.15, 0.2) is 54.9 Å². The fraction of sp³-hybridized carbons (Fsp3) is 0.250. The van der Waals surface area contributed by atoms with E-state index in [1.54, 1.807) is 0 Å². The first-order chi connectivity index (χ1) is 18.8. The van der Waals surface area contributed by atoms with Crippen molar-refractivity contribution in [3.8, 4) is 11.3 Å². The molecule has 0 aliphatic heterocycles. The van der Waals surface area contributed by atoms with Gasteiger partial charge in [0.05, 0.1) is 17.9 Å². The van der Waals surface area contributed by atoms with Gasteiger partial charge in [-0.25, -0.2) is 4.39 Å². The molecular weight excluding hydrogens is 582 g/mol. The van der Waals surface area contributed by atoms with Crippen molar-refractivity contribution < 1.29 is 58.2 Å². The molecule has 7 nitrogen and oxygen atoms in total. The second-order valence-corrected chi connectivity index (χ2v) is 8.52. The Bertz CT molecular complexity index is 1440. The molecule has 0 bridgehead atoms. The van der Waals surface area contributed by atoms with Gasteiger partial charge in [-0.15, -0.1) is 0 Å². The molecule has 17 heteroatoms. The number of amides is 2. The molecule has 0 spiro atoms. The summed E-state index contributed by atoms with van der Waals surface area (Å²) in [6.45, 7) is 1.23. The van der Waals surface area contributed by atoms with E-state index in [4.69, 9.17) is 0 Å². The highest BCUT2D eigenvalue weighted by molar-refractivity contribution is 5.96. The van der Waals surface area contributed by atoms with Crippen molar-refractivity contribution in [2.45, 2.75) is 37.5 Å². The lowest BCUT2D eigenvalue weighted by Gasteiger charge is -2.24. The molecule has 2 atom stereocenters. The lowest BCUT2D eigenvalue weighted by molar-refractivity contribution is -0.629. The summed E-state index contributed by atoms with van der Waals surface area (Å²) in [6.07, 6.45) is -15.0. The number of rotatable bonds is 6. The van der Waals surface area contributed by atoms with E-state index in [9.17, 15) is 58.7 Å². The highest BCUT2D eigenvalue weighted by Gasteiger charge is 2.48. The fourth-order valence-corrected chi connectivity index (χ4v) is 3.55. The molecular formula is C24H16F10N4O3. The molecule has 0 saturated carbocycles. The molecule has 0 aliphatic carbocycles. The monoisotopic (exact) mass is 598 g/mol. The zero-order chi connectivity index (χ0) is 30.9. The minimum absolute atomic E-state index is 0.136.